The standard InChI is InChI=1S/C12H11F3N4OS/c1-21-11-18-9(17-10(16)19-11)6-20-8-4-2-3-7(5-8)12(13,14)15/h2-5H,6H2,1H3,(H2,16,17,18,19). The molecule has 0 aliphatic heterocycles. The number of hydrogen-bond donors (Lipinski definition) is 1. The average Bonchev–Trinajstić information content (AvgIpc) is 2.44. The first-order valence-electron chi connectivity index (χ1n) is 5.73. The topological polar surface area (TPSA) is 73.9 Å². The second-order valence-corrected chi connectivity index (χ2v) is 4.68. The zero-order chi connectivity index (χ0) is 15.5. The summed E-state index contributed by atoms with van der Waals surface area (Å²) in [6.07, 6.45) is -2.64. The third-order valence-corrected chi connectivity index (χ3v) is 2.94. The molecule has 2 aromatic rings. The van der Waals surface area contributed by atoms with Crippen LogP contribution < -0.4 is 10.5 Å². The van der Waals surface area contributed by atoms with E-state index >= 15 is 0 Å². The summed E-state index contributed by atoms with van der Waals surface area (Å²) in [7, 11) is 0. The van der Waals surface area contributed by atoms with Crippen LogP contribution in [-0.2, 0) is 12.8 Å². The lowest BCUT2D eigenvalue weighted by Gasteiger charge is -2.10. The molecule has 2 rings (SSSR count). The minimum atomic E-state index is -4.41. The number of hydrogen-bond acceptors (Lipinski definition) is 6. The molecule has 0 fully saturated rings. The molecule has 0 spiro atoms. The number of nitrogen functional groups attached to an aromatic ring is 1. The van der Waals surface area contributed by atoms with Crippen molar-refractivity contribution in [2.45, 2.75) is 17.9 Å². The van der Waals surface area contributed by atoms with Gasteiger partial charge in [-0.2, -0.15) is 23.1 Å². The molecule has 9 heteroatoms. The van der Waals surface area contributed by atoms with Crippen LogP contribution in [0.2, 0.25) is 0 Å². The van der Waals surface area contributed by atoms with Crippen molar-refractivity contribution in [1.29, 1.82) is 0 Å². The van der Waals surface area contributed by atoms with Crippen LogP contribution in [-0.4, -0.2) is 21.2 Å². The number of anilines is 1. The number of nitrogens with zero attached hydrogens (tertiary/aromatic N) is 3. The molecule has 21 heavy (non-hydrogen) atoms. The average molecular weight is 316 g/mol. The van der Waals surface area contributed by atoms with Crippen LogP contribution >= 0.6 is 11.8 Å². The normalized spacial score (nSPS) is 11.4. The summed E-state index contributed by atoms with van der Waals surface area (Å²) < 4.78 is 43.0. The zero-order valence-electron chi connectivity index (χ0n) is 10.9. The minimum absolute atomic E-state index is 0.0389. The Bertz CT molecular complexity index is 636. The number of halogens is 3. The van der Waals surface area contributed by atoms with E-state index < -0.39 is 11.7 Å². The number of nitrogens with two attached hydrogens (primary N) is 1. The fraction of sp³-hybridized carbons (Fsp3) is 0.250. The highest BCUT2D eigenvalue weighted by Gasteiger charge is 2.30. The summed E-state index contributed by atoms with van der Waals surface area (Å²) in [4.78, 5) is 11.8. The van der Waals surface area contributed by atoms with Crippen molar-refractivity contribution in [3.8, 4) is 5.75 Å². The van der Waals surface area contributed by atoms with Crippen molar-refractivity contribution in [3.05, 3.63) is 35.7 Å². The Morgan fingerprint density at radius 1 is 1.24 bits per heavy atom. The van der Waals surface area contributed by atoms with E-state index in [2.05, 4.69) is 15.0 Å². The highest BCUT2D eigenvalue weighted by Crippen LogP contribution is 2.31. The quantitative estimate of drug-likeness (QED) is 0.874. The minimum Gasteiger partial charge on any atom is -0.486 e. The molecule has 1 aromatic carbocycles. The van der Waals surface area contributed by atoms with E-state index in [0.717, 1.165) is 12.1 Å². The lowest BCUT2D eigenvalue weighted by atomic mass is 10.2. The maximum atomic E-state index is 12.6. The maximum Gasteiger partial charge on any atom is 0.416 e. The van der Waals surface area contributed by atoms with Gasteiger partial charge in [0.15, 0.2) is 11.0 Å². The van der Waals surface area contributed by atoms with Gasteiger partial charge in [-0.15, -0.1) is 0 Å². The predicted octanol–water partition coefficient (Wildman–Crippen LogP) is 2.77. The molecular formula is C12H11F3N4OS. The van der Waals surface area contributed by atoms with Gasteiger partial charge in [-0.1, -0.05) is 17.8 Å². The first kappa shape index (κ1) is 15.4. The van der Waals surface area contributed by atoms with Gasteiger partial charge in [-0.05, 0) is 24.5 Å². The van der Waals surface area contributed by atoms with Crippen LogP contribution in [0.5, 0.6) is 5.75 Å². The molecule has 5 nitrogen and oxygen atoms in total. The molecule has 1 aromatic heterocycles. The monoisotopic (exact) mass is 316 g/mol. The summed E-state index contributed by atoms with van der Waals surface area (Å²) in [5.74, 6) is 0.371. The lowest BCUT2D eigenvalue weighted by molar-refractivity contribution is -0.137. The molecule has 2 N–H and O–H groups in total. The number of ether oxygens (including phenoxy) is 1. The molecule has 0 saturated carbocycles. The highest BCUT2D eigenvalue weighted by molar-refractivity contribution is 7.98. The second-order valence-electron chi connectivity index (χ2n) is 3.91. The van der Waals surface area contributed by atoms with Crippen LogP contribution in [0.3, 0.4) is 0 Å². The van der Waals surface area contributed by atoms with Gasteiger partial charge in [0.25, 0.3) is 0 Å². The van der Waals surface area contributed by atoms with Gasteiger partial charge in [0, 0.05) is 0 Å². The number of benzene rings is 1. The number of aromatic nitrogens is 3. The van der Waals surface area contributed by atoms with Gasteiger partial charge in [-0.3, -0.25) is 0 Å². The van der Waals surface area contributed by atoms with Crippen molar-refractivity contribution in [3.63, 3.8) is 0 Å². The third-order valence-electron chi connectivity index (χ3n) is 2.39. The molecule has 0 amide bonds. The molecule has 112 valence electrons. The van der Waals surface area contributed by atoms with Gasteiger partial charge >= 0.3 is 6.18 Å². The predicted molar refractivity (Wildman–Crippen MR) is 71.8 cm³/mol. The fourth-order valence-corrected chi connectivity index (χ4v) is 1.86. The molecule has 0 aliphatic carbocycles. The summed E-state index contributed by atoms with van der Waals surface area (Å²) >= 11 is 1.28. The van der Waals surface area contributed by atoms with Crippen LogP contribution in [0.1, 0.15) is 11.4 Å². The van der Waals surface area contributed by atoms with E-state index in [0.29, 0.717) is 5.16 Å². The smallest absolute Gasteiger partial charge is 0.416 e. The first-order chi connectivity index (χ1) is 9.88. The number of thioether (sulfide) groups is 1. The van der Waals surface area contributed by atoms with Crippen LogP contribution in [0.25, 0.3) is 0 Å². The Hall–Kier alpha value is -2.03. The van der Waals surface area contributed by atoms with E-state index in [1.807, 2.05) is 0 Å². The largest absolute Gasteiger partial charge is 0.486 e. The van der Waals surface area contributed by atoms with Gasteiger partial charge < -0.3 is 10.5 Å². The molecule has 0 atom stereocenters. The van der Waals surface area contributed by atoms with Gasteiger partial charge in [0.2, 0.25) is 5.95 Å². The Morgan fingerprint density at radius 3 is 2.67 bits per heavy atom. The summed E-state index contributed by atoms with van der Waals surface area (Å²) in [6.45, 7) is -0.0956. The van der Waals surface area contributed by atoms with E-state index in [1.165, 1.54) is 23.9 Å². The SMILES string of the molecule is CSc1nc(N)nc(COc2cccc(C(F)(F)F)c2)n1. The van der Waals surface area contributed by atoms with Crippen molar-refractivity contribution in [2.75, 3.05) is 12.0 Å². The molecule has 1 heterocycles. The van der Waals surface area contributed by atoms with E-state index in [-0.39, 0.29) is 24.1 Å². The first-order valence-corrected chi connectivity index (χ1v) is 6.95. The zero-order valence-corrected chi connectivity index (χ0v) is 11.7. The summed E-state index contributed by atoms with van der Waals surface area (Å²) in [5.41, 5.74) is 4.73. The van der Waals surface area contributed by atoms with Crippen molar-refractivity contribution in [2.24, 2.45) is 0 Å². The second kappa shape index (κ2) is 6.17. The van der Waals surface area contributed by atoms with Gasteiger partial charge in [0.05, 0.1) is 5.56 Å². The molecule has 0 bridgehead atoms. The molecule has 0 radical (unpaired) electrons. The van der Waals surface area contributed by atoms with Crippen LogP contribution in [0, 0.1) is 0 Å². The van der Waals surface area contributed by atoms with Gasteiger partial charge in [0.1, 0.15) is 12.4 Å². The Labute approximate surface area is 122 Å². The summed E-state index contributed by atoms with van der Waals surface area (Å²) in [5, 5.41) is 0.421. The summed E-state index contributed by atoms with van der Waals surface area (Å²) in [6, 6.07) is 4.59. The number of rotatable bonds is 4. The van der Waals surface area contributed by atoms with Gasteiger partial charge in [-0.25, -0.2) is 4.98 Å². The van der Waals surface area contributed by atoms with Crippen LogP contribution in [0.4, 0.5) is 19.1 Å². The molecular weight excluding hydrogens is 305 g/mol. The third kappa shape index (κ3) is 4.22. The Balaban J connectivity index is 2.11. The lowest BCUT2D eigenvalue weighted by Crippen LogP contribution is -2.08. The van der Waals surface area contributed by atoms with E-state index in [1.54, 1.807) is 6.26 Å². The Morgan fingerprint density at radius 2 is 2.00 bits per heavy atom. The number of alkyl halides is 3. The maximum absolute atomic E-state index is 12.6. The van der Waals surface area contributed by atoms with Crippen molar-refractivity contribution >= 4 is 17.7 Å². The van der Waals surface area contributed by atoms with Crippen molar-refractivity contribution in [1.82, 2.24) is 15.0 Å². The van der Waals surface area contributed by atoms with Crippen LogP contribution in [0.15, 0.2) is 29.4 Å². The molecule has 0 saturated heterocycles. The highest BCUT2D eigenvalue weighted by atomic mass is 32.2. The Kier molecular flexibility index (Phi) is 4.51. The van der Waals surface area contributed by atoms with E-state index in [9.17, 15) is 13.2 Å². The molecule has 0 aliphatic rings. The van der Waals surface area contributed by atoms with Crippen molar-refractivity contribution < 1.29 is 17.9 Å². The fourth-order valence-electron chi connectivity index (χ4n) is 1.48. The van der Waals surface area contributed by atoms with E-state index in [4.69, 9.17) is 10.5 Å². The molecule has 0 unspecified atom stereocenters.